The maximum absolute atomic E-state index is 13.8. The van der Waals surface area contributed by atoms with E-state index < -0.39 is 0 Å². The lowest BCUT2D eigenvalue weighted by molar-refractivity contribution is -0.159. The van der Waals surface area contributed by atoms with Crippen molar-refractivity contribution in [3.05, 3.63) is 35.9 Å². The van der Waals surface area contributed by atoms with Crippen molar-refractivity contribution in [1.82, 2.24) is 14.7 Å². The Bertz CT molecular complexity index is 939. The van der Waals surface area contributed by atoms with E-state index in [1.807, 2.05) is 0 Å². The quantitative estimate of drug-likeness (QED) is 0.656. The normalized spacial score (nSPS) is 37.6. The number of carbonyl (C=O) groups is 2. The minimum absolute atomic E-state index is 0.0164. The van der Waals surface area contributed by atoms with Crippen molar-refractivity contribution < 1.29 is 9.59 Å². The van der Waals surface area contributed by atoms with E-state index in [2.05, 4.69) is 45.0 Å². The highest BCUT2D eigenvalue weighted by Crippen LogP contribution is 2.63. The van der Waals surface area contributed by atoms with Gasteiger partial charge in [0.05, 0.1) is 5.41 Å². The number of piperazine rings is 1. The molecule has 1 aromatic carbocycles. The number of carbonyl (C=O) groups excluding carboxylic acids is 2. The van der Waals surface area contributed by atoms with Crippen molar-refractivity contribution in [2.24, 2.45) is 34.5 Å². The van der Waals surface area contributed by atoms with E-state index in [-0.39, 0.29) is 16.7 Å². The third kappa shape index (κ3) is 3.93. The van der Waals surface area contributed by atoms with Gasteiger partial charge >= 0.3 is 0 Å². The van der Waals surface area contributed by atoms with Gasteiger partial charge in [0.1, 0.15) is 0 Å². The zero-order chi connectivity index (χ0) is 23.6. The van der Waals surface area contributed by atoms with Crippen LogP contribution in [-0.4, -0.2) is 65.8 Å². The van der Waals surface area contributed by atoms with E-state index in [0.29, 0.717) is 11.8 Å². The van der Waals surface area contributed by atoms with E-state index >= 15 is 0 Å². The third-order valence-corrected chi connectivity index (χ3v) is 11.0. The summed E-state index contributed by atoms with van der Waals surface area (Å²) < 4.78 is 0. The monoisotopic (exact) mass is 475 g/mol. The van der Waals surface area contributed by atoms with Crippen LogP contribution in [0.4, 0.5) is 0 Å². The third-order valence-electron chi connectivity index (χ3n) is 11.0. The Balaban J connectivity index is 0.913. The Hall–Kier alpha value is -1.88. The van der Waals surface area contributed by atoms with E-state index in [0.717, 1.165) is 102 Å². The molecule has 35 heavy (non-hydrogen) atoms. The fourth-order valence-electron chi connectivity index (χ4n) is 9.30. The average Bonchev–Trinajstić information content (AvgIpc) is 3.57. The summed E-state index contributed by atoms with van der Waals surface area (Å²) in [7, 11) is 0. The van der Waals surface area contributed by atoms with Crippen LogP contribution in [0.5, 0.6) is 0 Å². The number of likely N-dealkylation sites (tertiary alicyclic amines) is 1. The highest BCUT2D eigenvalue weighted by molar-refractivity contribution is 5.84. The van der Waals surface area contributed by atoms with Gasteiger partial charge in [0.2, 0.25) is 11.8 Å². The van der Waals surface area contributed by atoms with E-state index in [1.165, 1.54) is 24.8 Å². The average molecular weight is 476 g/mol. The molecule has 5 aliphatic carbocycles. The molecule has 188 valence electrons. The highest BCUT2D eigenvalue weighted by Gasteiger charge is 2.61. The number of amides is 2. The first-order valence-corrected chi connectivity index (χ1v) is 14.4. The van der Waals surface area contributed by atoms with Crippen molar-refractivity contribution in [2.45, 2.75) is 64.3 Å². The summed E-state index contributed by atoms with van der Waals surface area (Å²) in [6.45, 7) is 6.39. The van der Waals surface area contributed by atoms with Crippen LogP contribution >= 0.6 is 0 Å². The SMILES string of the molecule is O=C(C1CC12CCN(C(=O)C13CC4CC(CC(C4)C1)C3)CC2)N1CCN(Cc2ccccc2)CC1. The molecule has 1 spiro atoms. The number of hydrogen-bond acceptors (Lipinski definition) is 3. The predicted octanol–water partition coefficient (Wildman–Crippen LogP) is 4.18. The zero-order valence-electron chi connectivity index (χ0n) is 21.2. The summed E-state index contributed by atoms with van der Waals surface area (Å²) in [6, 6.07) is 10.6. The first kappa shape index (κ1) is 22.3. The molecule has 2 heterocycles. The Morgan fingerprint density at radius 2 is 1.34 bits per heavy atom. The second kappa shape index (κ2) is 8.33. The molecule has 5 nitrogen and oxygen atoms in total. The lowest BCUT2D eigenvalue weighted by atomic mass is 9.49. The summed E-state index contributed by atoms with van der Waals surface area (Å²) in [5.74, 6) is 3.55. The van der Waals surface area contributed by atoms with Crippen LogP contribution in [0.2, 0.25) is 0 Å². The van der Waals surface area contributed by atoms with Gasteiger partial charge in [0, 0.05) is 51.7 Å². The summed E-state index contributed by atoms with van der Waals surface area (Å²) >= 11 is 0. The van der Waals surface area contributed by atoms with Gasteiger partial charge in [-0.15, -0.1) is 0 Å². The van der Waals surface area contributed by atoms with Gasteiger partial charge in [-0.2, -0.15) is 0 Å². The van der Waals surface area contributed by atoms with Crippen LogP contribution in [0.3, 0.4) is 0 Å². The molecular formula is C30H41N3O2. The number of rotatable bonds is 4. The largest absolute Gasteiger partial charge is 0.342 e. The van der Waals surface area contributed by atoms with Crippen LogP contribution in [0, 0.1) is 34.5 Å². The molecule has 7 fully saturated rings. The fourth-order valence-corrected chi connectivity index (χ4v) is 9.30. The molecule has 2 aliphatic heterocycles. The second-order valence-corrected chi connectivity index (χ2v) is 13.2. The van der Waals surface area contributed by atoms with E-state index in [9.17, 15) is 9.59 Å². The van der Waals surface area contributed by atoms with Crippen molar-refractivity contribution in [2.75, 3.05) is 39.3 Å². The molecule has 2 amide bonds. The Kier molecular flexibility index (Phi) is 5.31. The Labute approximate surface area is 210 Å². The molecule has 2 saturated heterocycles. The molecule has 5 heteroatoms. The van der Waals surface area contributed by atoms with Crippen LogP contribution in [-0.2, 0) is 16.1 Å². The van der Waals surface area contributed by atoms with Gasteiger partial charge in [-0.1, -0.05) is 30.3 Å². The molecule has 8 rings (SSSR count). The summed E-state index contributed by atoms with van der Waals surface area (Å²) in [6.07, 6.45) is 10.8. The second-order valence-electron chi connectivity index (χ2n) is 13.2. The van der Waals surface area contributed by atoms with Gasteiger partial charge in [-0.3, -0.25) is 14.5 Å². The van der Waals surface area contributed by atoms with Gasteiger partial charge in [-0.25, -0.2) is 0 Å². The molecular weight excluding hydrogens is 434 g/mol. The molecule has 5 saturated carbocycles. The predicted molar refractivity (Wildman–Crippen MR) is 135 cm³/mol. The minimum Gasteiger partial charge on any atom is -0.342 e. The maximum atomic E-state index is 13.8. The molecule has 1 unspecified atom stereocenters. The van der Waals surface area contributed by atoms with Crippen molar-refractivity contribution in [3.63, 3.8) is 0 Å². The molecule has 4 bridgehead atoms. The van der Waals surface area contributed by atoms with Crippen LogP contribution in [0.25, 0.3) is 0 Å². The van der Waals surface area contributed by atoms with E-state index in [1.54, 1.807) is 0 Å². The number of benzene rings is 1. The highest BCUT2D eigenvalue weighted by atomic mass is 16.2. The first-order valence-electron chi connectivity index (χ1n) is 14.4. The molecule has 0 N–H and O–H groups in total. The van der Waals surface area contributed by atoms with Crippen LogP contribution in [0.15, 0.2) is 30.3 Å². The molecule has 7 aliphatic rings. The summed E-state index contributed by atoms with van der Waals surface area (Å²) in [5.41, 5.74) is 1.52. The summed E-state index contributed by atoms with van der Waals surface area (Å²) in [4.78, 5) is 33.9. The summed E-state index contributed by atoms with van der Waals surface area (Å²) in [5, 5.41) is 0. The minimum atomic E-state index is -0.0164. The smallest absolute Gasteiger partial charge is 0.228 e. The Morgan fingerprint density at radius 1 is 0.743 bits per heavy atom. The number of nitrogens with zero attached hydrogens (tertiary/aromatic N) is 3. The van der Waals surface area contributed by atoms with Crippen LogP contribution in [0.1, 0.15) is 63.4 Å². The lowest BCUT2D eigenvalue weighted by Crippen LogP contribution is -2.56. The molecule has 1 atom stereocenters. The lowest BCUT2D eigenvalue weighted by Gasteiger charge is -2.57. The molecule has 1 aromatic rings. The van der Waals surface area contributed by atoms with Crippen molar-refractivity contribution in [1.29, 1.82) is 0 Å². The van der Waals surface area contributed by atoms with E-state index in [4.69, 9.17) is 0 Å². The standard InChI is InChI=1S/C30H41N3O2/c34-27(32-12-10-31(11-13-32)21-22-4-2-1-3-5-22)26-20-29(26)6-8-33(9-7-29)28(35)30-17-23-14-24(18-30)16-25(15-23)19-30/h1-5,23-26H,6-21H2. The molecule has 0 aromatic heterocycles. The van der Waals surface area contributed by atoms with Gasteiger partial charge < -0.3 is 9.80 Å². The fraction of sp³-hybridized carbons (Fsp3) is 0.733. The van der Waals surface area contributed by atoms with Crippen LogP contribution < -0.4 is 0 Å². The van der Waals surface area contributed by atoms with Crippen molar-refractivity contribution >= 4 is 11.8 Å². The molecule has 0 radical (unpaired) electrons. The number of piperidine rings is 1. The van der Waals surface area contributed by atoms with Gasteiger partial charge in [0.15, 0.2) is 0 Å². The first-order chi connectivity index (χ1) is 17.0. The number of hydrogen-bond donors (Lipinski definition) is 0. The Morgan fingerprint density at radius 3 is 1.94 bits per heavy atom. The van der Waals surface area contributed by atoms with Gasteiger partial charge in [-0.05, 0) is 86.5 Å². The van der Waals surface area contributed by atoms with Gasteiger partial charge in [0.25, 0.3) is 0 Å². The maximum Gasteiger partial charge on any atom is 0.228 e. The topological polar surface area (TPSA) is 43.9 Å². The zero-order valence-corrected chi connectivity index (χ0v) is 21.2. The van der Waals surface area contributed by atoms with Crippen molar-refractivity contribution in [3.8, 4) is 0 Å².